The molecule has 0 saturated heterocycles. The molecular weight excluding hydrogens is 266 g/mol. The van der Waals surface area contributed by atoms with Gasteiger partial charge in [-0.2, -0.15) is 0 Å². The molecule has 0 aliphatic heterocycles. The molecule has 0 amide bonds. The van der Waals surface area contributed by atoms with Crippen LogP contribution in [0.1, 0.15) is 31.1 Å². The van der Waals surface area contributed by atoms with Gasteiger partial charge in [0, 0.05) is 12.1 Å². The lowest BCUT2D eigenvalue weighted by Gasteiger charge is -2.22. The number of carbonyl (C=O) groups is 1. The summed E-state index contributed by atoms with van der Waals surface area (Å²) in [5.41, 5.74) is 0.216. The van der Waals surface area contributed by atoms with Crippen LogP contribution in [0, 0.1) is 0 Å². The van der Waals surface area contributed by atoms with E-state index in [1.807, 2.05) is 20.8 Å². The minimum Gasteiger partial charge on any atom is -0.459 e. The van der Waals surface area contributed by atoms with Gasteiger partial charge in [0.05, 0.1) is 10.6 Å². The molecule has 1 aromatic carbocycles. The van der Waals surface area contributed by atoms with Gasteiger partial charge in [-0.15, -0.1) is 0 Å². The van der Waals surface area contributed by atoms with Crippen LogP contribution in [0.4, 0.5) is 0 Å². The van der Waals surface area contributed by atoms with Crippen LogP contribution in [0.25, 0.3) is 0 Å². The van der Waals surface area contributed by atoms with Crippen molar-refractivity contribution in [1.29, 1.82) is 0 Å². The summed E-state index contributed by atoms with van der Waals surface area (Å²) in [7, 11) is 0. The fourth-order valence-electron chi connectivity index (χ4n) is 1.36. The van der Waals surface area contributed by atoms with Gasteiger partial charge in [-0.3, -0.25) is 0 Å². The first-order valence-electron chi connectivity index (χ1n) is 6.14. The summed E-state index contributed by atoms with van der Waals surface area (Å²) in [6.07, 6.45) is -0.745. The molecule has 4 nitrogen and oxygen atoms in total. The molecule has 0 saturated carbocycles. The second-order valence-corrected chi connectivity index (χ2v) is 5.77. The number of hydrogen-bond donors (Lipinski definition) is 2. The van der Waals surface area contributed by atoms with E-state index in [0.717, 1.165) is 0 Å². The largest absolute Gasteiger partial charge is 0.459 e. The predicted molar refractivity (Wildman–Crippen MR) is 75.5 cm³/mol. The number of benzene rings is 1. The topological polar surface area (TPSA) is 58.6 Å². The summed E-state index contributed by atoms with van der Waals surface area (Å²) in [5, 5.41) is 13.2. The van der Waals surface area contributed by atoms with Gasteiger partial charge in [0.2, 0.25) is 0 Å². The number of carbonyl (C=O) groups excluding carboxylic acids is 1. The standard InChI is InChI=1S/C14H20ClNO3/c1-14(2,3)16-8-10(17)9-19-13(18)11-6-4-5-7-12(11)15/h4-7,10,16-17H,8-9H2,1-3H3/t10-/m1/s1. The monoisotopic (exact) mass is 285 g/mol. The van der Waals surface area contributed by atoms with Gasteiger partial charge in [-0.1, -0.05) is 23.7 Å². The quantitative estimate of drug-likeness (QED) is 0.815. The number of hydrogen-bond acceptors (Lipinski definition) is 4. The SMILES string of the molecule is CC(C)(C)NC[C@@H](O)COC(=O)c1ccccc1Cl. The smallest absolute Gasteiger partial charge is 0.339 e. The van der Waals surface area contributed by atoms with Crippen molar-refractivity contribution in [3.05, 3.63) is 34.9 Å². The third-order valence-electron chi connectivity index (χ3n) is 2.37. The third kappa shape index (κ3) is 6.05. The van der Waals surface area contributed by atoms with Crippen LogP contribution in [0.15, 0.2) is 24.3 Å². The highest BCUT2D eigenvalue weighted by Gasteiger charge is 2.15. The summed E-state index contributed by atoms with van der Waals surface area (Å²) < 4.78 is 5.02. The van der Waals surface area contributed by atoms with Crippen LogP contribution >= 0.6 is 11.6 Å². The van der Waals surface area contributed by atoms with Crippen LogP contribution in [0.3, 0.4) is 0 Å². The summed E-state index contributed by atoms with van der Waals surface area (Å²) in [6.45, 7) is 6.28. The maximum atomic E-state index is 11.7. The Morgan fingerprint density at radius 1 is 1.42 bits per heavy atom. The Morgan fingerprint density at radius 2 is 2.05 bits per heavy atom. The number of aliphatic hydroxyl groups excluding tert-OH is 1. The molecule has 0 fully saturated rings. The first-order valence-corrected chi connectivity index (χ1v) is 6.52. The van der Waals surface area contributed by atoms with E-state index in [1.165, 1.54) is 0 Å². The Hall–Kier alpha value is -1.10. The predicted octanol–water partition coefficient (Wildman–Crippen LogP) is 2.25. The number of halogens is 1. The van der Waals surface area contributed by atoms with Crippen molar-refractivity contribution >= 4 is 17.6 Å². The molecular formula is C14H20ClNO3. The zero-order chi connectivity index (χ0) is 14.5. The van der Waals surface area contributed by atoms with Gasteiger partial charge >= 0.3 is 5.97 Å². The lowest BCUT2D eigenvalue weighted by atomic mass is 10.1. The second kappa shape index (κ2) is 6.89. The van der Waals surface area contributed by atoms with E-state index in [-0.39, 0.29) is 12.1 Å². The third-order valence-corrected chi connectivity index (χ3v) is 2.70. The van der Waals surface area contributed by atoms with Crippen molar-refractivity contribution in [2.45, 2.75) is 32.4 Å². The molecule has 0 bridgehead atoms. The molecule has 2 N–H and O–H groups in total. The first kappa shape index (κ1) is 16.0. The molecule has 1 atom stereocenters. The Balaban J connectivity index is 2.41. The van der Waals surface area contributed by atoms with Crippen LogP contribution in [0.5, 0.6) is 0 Å². The van der Waals surface area contributed by atoms with Crippen LogP contribution < -0.4 is 5.32 Å². The molecule has 0 radical (unpaired) electrons. The van der Waals surface area contributed by atoms with E-state index in [1.54, 1.807) is 24.3 Å². The van der Waals surface area contributed by atoms with E-state index >= 15 is 0 Å². The lowest BCUT2D eigenvalue weighted by molar-refractivity contribution is 0.0247. The van der Waals surface area contributed by atoms with Crippen molar-refractivity contribution in [2.75, 3.05) is 13.2 Å². The molecule has 19 heavy (non-hydrogen) atoms. The zero-order valence-electron chi connectivity index (χ0n) is 11.4. The van der Waals surface area contributed by atoms with Crippen LogP contribution in [-0.2, 0) is 4.74 Å². The summed E-state index contributed by atoms with van der Waals surface area (Å²) in [6, 6.07) is 6.65. The molecule has 5 heteroatoms. The van der Waals surface area contributed by atoms with E-state index in [0.29, 0.717) is 17.1 Å². The van der Waals surface area contributed by atoms with Crippen LogP contribution in [-0.4, -0.2) is 35.9 Å². The molecule has 1 aromatic rings. The molecule has 0 aromatic heterocycles. The normalized spacial score (nSPS) is 13.1. The van der Waals surface area contributed by atoms with Crippen LogP contribution in [0.2, 0.25) is 5.02 Å². The molecule has 0 spiro atoms. The Morgan fingerprint density at radius 3 is 2.63 bits per heavy atom. The second-order valence-electron chi connectivity index (χ2n) is 5.36. The van der Waals surface area contributed by atoms with Gasteiger partial charge in [-0.25, -0.2) is 4.79 Å². The highest BCUT2D eigenvalue weighted by molar-refractivity contribution is 6.33. The molecule has 106 valence electrons. The number of rotatable bonds is 5. The lowest BCUT2D eigenvalue weighted by Crippen LogP contribution is -2.42. The average Bonchev–Trinajstić information content (AvgIpc) is 2.33. The van der Waals surface area contributed by atoms with E-state index in [9.17, 15) is 9.90 Å². The Labute approximate surface area is 118 Å². The summed E-state index contributed by atoms with van der Waals surface area (Å²) in [4.78, 5) is 11.7. The molecule has 0 aliphatic carbocycles. The maximum absolute atomic E-state index is 11.7. The number of β-amino-alcohol motifs (C(OH)–C–C–N with tert-alkyl or cyclic N) is 1. The maximum Gasteiger partial charge on any atom is 0.339 e. The highest BCUT2D eigenvalue weighted by atomic mass is 35.5. The molecule has 0 unspecified atom stereocenters. The minimum atomic E-state index is -0.745. The van der Waals surface area contributed by atoms with Crippen molar-refractivity contribution in [2.24, 2.45) is 0 Å². The van der Waals surface area contributed by atoms with Crippen molar-refractivity contribution in [1.82, 2.24) is 5.32 Å². The highest BCUT2D eigenvalue weighted by Crippen LogP contribution is 2.15. The van der Waals surface area contributed by atoms with E-state index in [4.69, 9.17) is 16.3 Å². The number of nitrogens with one attached hydrogen (secondary N) is 1. The van der Waals surface area contributed by atoms with Gasteiger partial charge < -0.3 is 15.2 Å². The molecule has 0 aliphatic rings. The van der Waals surface area contributed by atoms with Crippen molar-refractivity contribution in [3.8, 4) is 0 Å². The molecule has 1 rings (SSSR count). The summed E-state index contributed by atoms with van der Waals surface area (Å²) in [5.74, 6) is -0.527. The average molecular weight is 286 g/mol. The first-order chi connectivity index (χ1) is 8.79. The van der Waals surface area contributed by atoms with Gasteiger partial charge in [0.25, 0.3) is 0 Å². The van der Waals surface area contributed by atoms with Crippen molar-refractivity contribution in [3.63, 3.8) is 0 Å². The number of esters is 1. The molecule has 0 heterocycles. The Kier molecular flexibility index (Phi) is 5.79. The minimum absolute atomic E-state index is 0.0624. The van der Waals surface area contributed by atoms with Gasteiger partial charge in [-0.05, 0) is 32.9 Å². The van der Waals surface area contributed by atoms with E-state index in [2.05, 4.69) is 5.32 Å². The van der Waals surface area contributed by atoms with E-state index < -0.39 is 12.1 Å². The Bertz CT molecular complexity index is 429. The number of ether oxygens (including phenoxy) is 1. The summed E-state index contributed by atoms with van der Waals surface area (Å²) >= 11 is 5.88. The zero-order valence-corrected chi connectivity index (χ0v) is 12.2. The van der Waals surface area contributed by atoms with Crippen molar-refractivity contribution < 1.29 is 14.6 Å². The fourth-order valence-corrected chi connectivity index (χ4v) is 1.57. The number of aliphatic hydroxyl groups is 1. The van der Waals surface area contributed by atoms with Gasteiger partial charge in [0.15, 0.2) is 0 Å². The van der Waals surface area contributed by atoms with Gasteiger partial charge in [0.1, 0.15) is 12.7 Å². The fraction of sp³-hybridized carbons (Fsp3) is 0.500.